The molecule has 0 saturated carbocycles. The van der Waals surface area contributed by atoms with Gasteiger partial charge in [0.05, 0.1) is 4.92 Å². The third kappa shape index (κ3) is 4.19. The monoisotopic (exact) mass is 297 g/mol. The fourth-order valence-corrected chi connectivity index (χ4v) is 1.97. The Bertz CT molecular complexity index is 705. The molecular weight excluding hydrogens is 278 g/mol. The van der Waals surface area contributed by atoms with Gasteiger partial charge in [0.15, 0.2) is 0 Å². The third-order valence-electron chi connectivity index (χ3n) is 3.13. The molecule has 0 spiro atoms. The summed E-state index contributed by atoms with van der Waals surface area (Å²) in [6.45, 7) is 6.04. The van der Waals surface area contributed by atoms with Crippen LogP contribution < -0.4 is 4.74 Å². The van der Waals surface area contributed by atoms with Gasteiger partial charge in [0.1, 0.15) is 11.5 Å². The van der Waals surface area contributed by atoms with Gasteiger partial charge in [0.25, 0.3) is 5.69 Å². The van der Waals surface area contributed by atoms with E-state index in [4.69, 9.17) is 4.74 Å². The van der Waals surface area contributed by atoms with Crippen LogP contribution in [0.15, 0.2) is 48.5 Å². The van der Waals surface area contributed by atoms with Crippen molar-refractivity contribution in [1.82, 2.24) is 0 Å². The van der Waals surface area contributed by atoms with Gasteiger partial charge < -0.3 is 4.74 Å². The molecule has 0 fully saturated rings. The number of hydrogen-bond acceptors (Lipinski definition) is 3. The normalized spacial score (nSPS) is 11.1. The highest BCUT2D eigenvalue weighted by Crippen LogP contribution is 2.28. The van der Waals surface area contributed by atoms with E-state index in [1.807, 2.05) is 24.3 Å². The summed E-state index contributed by atoms with van der Waals surface area (Å²) in [4.78, 5) is 10.3. The summed E-state index contributed by atoms with van der Waals surface area (Å²) in [7, 11) is 0. The van der Waals surface area contributed by atoms with Gasteiger partial charge >= 0.3 is 0 Å². The van der Waals surface area contributed by atoms with E-state index in [9.17, 15) is 10.1 Å². The molecule has 0 aromatic heterocycles. The molecule has 0 amide bonds. The van der Waals surface area contributed by atoms with Gasteiger partial charge in [-0.15, -0.1) is 0 Å². The van der Waals surface area contributed by atoms with Crippen molar-refractivity contribution in [1.29, 1.82) is 0 Å². The highest BCUT2D eigenvalue weighted by atomic mass is 16.6. The fraction of sp³-hybridized carbons (Fsp3) is 0.222. The lowest BCUT2D eigenvalue weighted by atomic mass is 10.1. The van der Waals surface area contributed by atoms with E-state index in [1.165, 1.54) is 12.1 Å². The third-order valence-corrected chi connectivity index (χ3v) is 3.13. The highest BCUT2D eigenvalue weighted by Gasteiger charge is 2.09. The number of nitro benzene ring substituents is 1. The SMILES string of the molecule is Cc1cc([N+](=O)[O-])ccc1Oc1cccc(C=CC(C)C)c1. The Hall–Kier alpha value is -2.62. The Balaban J connectivity index is 2.20. The van der Waals surface area contributed by atoms with Crippen LogP contribution in [0.4, 0.5) is 5.69 Å². The first kappa shape index (κ1) is 15.8. The molecule has 0 aliphatic carbocycles. The molecule has 0 unspecified atom stereocenters. The van der Waals surface area contributed by atoms with E-state index in [0.717, 1.165) is 11.1 Å². The molecule has 2 aromatic carbocycles. The number of allylic oxidation sites excluding steroid dienone is 1. The summed E-state index contributed by atoms with van der Waals surface area (Å²) in [6, 6.07) is 12.3. The molecule has 114 valence electrons. The predicted molar refractivity (Wildman–Crippen MR) is 88.2 cm³/mol. The Kier molecular flexibility index (Phi) is 4.94. The molecule has 0 aliphatic rings. The topological polar surface area (TPSA) is 52.4 Å². The maximum Gasteiger partial charge on any atom is 0.269 e. The average molecular weight is 297 g/mol. The van der Waals surface area contributed by atoms with E-state index in [0.29, 0.717) is 17.4 Å². The number of hydrogen-bond donors (Lipinski definition) is 0. The Morgan fingerprint density at radius 3 is 2.59 bits per heavy atom. The molecule has 0 bridgehead atoms. The van der Waals surface area contributed by atoms with Crippen LogP contribution >= 0.6 is 0 Å². The molecule has 0 aliphatic heterocycles. The lowest BCUT2D eigenvalue weighted by molar-refractivity contribution is -0.384. The van der Waals surface area contributed by atoms with Crippen molar-refractivity contribution in [2.24, 2.45) is 5.92 Å². The van der Waals surface area contributed by atoms with Crippen LogP contribution in [0.25, 0.3) is 6.08 Å². The molecule has 4 nitrogen and oxygen atoms in total. The van der Waals surface area contributed by atoms with Crippen molar-refractivity contribution in [2.75, 3.05) is 0 Å². The number of ether oxygens (including phenoxy) is 1. The van der Waals surface area contributed by atoms with Crippen LogP contribution in [-0.4, -0.2) is 4.92 Å². The summed E-state index contributed by atoms with van der Waals surface area (Å²) in [6.07, 6.45) is 4.18. The number of nitro groups is 1. The number of benzene rings is 2. The summed E-state index contributed by atoms with van der Waals surface area (Å²) in [5, 5.41) is 10.8. The number of rotatable bonds is 5. The standard InChI is InChI=1S/C18H19NO3/c1-13(2)7-8-15-5-4-6-17(12-15)22-18-10-9-16(19(20)21)11-14(18)3/h4-13H,1-3H3. The summed E-state index contributed by atoms with van der Waals surface area (Å²) < 4.78 is 5.83. The first-order valence-corrected chi connectivity index (χ1v) is 7.17. The zero-order chi connectivity index (χ0) is 16.1. The van der Waals surface area contributed by atoms with Crippen LogP contribution in [0.5, 0.6) is 11.5 Å². The lowest BCUT2D eigenvalue weighted by Gasteiger charge is -2.09. The number of nitrogens with zero attached hydrogens (tertiary/aromatic N) is 1. The predicted octanol–water partition coefficient (Wildman–Crippen LogP) is 5.36. The van der Waals surface area contributed by atoms with Crippen molar-refractivity contribution in [3.05, 3.63) is 69.8 Å². The van der Waals surface area contributed by atoms with Gasteiger partial charge in [-0.2, -0.15) is 0 Å². The number of non-ortho nitro benzene ring substituents is 1. The van der Waals surface area contributed by atoms with E-state index in [2.05, 4.69) is 26.0 Å². The van der Waals surface area contributed by atoms with Crippen LogP contribution in [0.3, 0.4) is 0 Å². The zero-order valence-corrected chi connectivity index (χ0v) is 12.9. The van der Waals surface area contributed by atoms with E-state index < -0.39 is 4.92 Å². The molecule has 4 heteroatoms. The Labute approximate surface area is 130 Å². The molecule has 0 heterocycles. The van der Waals surface area contributed by atoms with Crippen molar-refractivity contribution in [3.8, 4) is 11.5 Å². The molecule has 0 N–H and O–H groups in total. The first-order chi connectivity index (χ1) is 10.5. The van der Waals surface area contributed by atoms with Gasteiger partial charge in [-0.25, -0.2) is 0 Å². The summed E-state index contributed by atoms with van der Waals surface area (Å²) >= 11 is 0. The minimum atomic E-state index is -0.409. The van der Waals surface area contributed by atoms with E-state index in [1.54, 1.807) is 13.0 Å². The van der Waals surface area contributed by atoms with Crippen molar-refractivity contribution < 1.29 is 9.66 Å². The van der Waals surface area contributed by atoms with Gasteiger partial charge in [-0.1, -0.05) is 38.1 Å². The summed E-state index contributed by atoms with van der Waals surface area (Å²) in [5.74, 6) is 1.82. The molecule has 0 atom stereocenters. The van der Waals surface area contributed by atoms with E-state index in [-0.39, 0.29) is 5.69 Å². The average Bonchev–Trinajstić information content (AvgIpc) is 2.47. The van der Waals surface area contributed by atoms with Crippen molar-refractivity contribution >= 4 is 11.8 Å². The second-order valence-electron chi connectivity index (χ2n) is 5.48. The fourth-order valence-electron chi connectivity index (χ4n) is 1.97. The Morgan fingerprint density at radius 2 is 1.95 bits per heavy atom. The van der Waals surface area contributed by atoms with Gasteiger partial charge in [0.2, 0.25) is 0 Å². The minimum Gasteiger partial charge on any atom is -0.457 e. The van der Waals surface area contributed by atoms with Crippen molar-refractivity contribution in [3.63, 3.8) is 0 Å². The number of aryl methyl sites for hydroxylation is 1. The van der Waals surface area contributed by atoms with Crippen LogP contribution in [0.2, 0.25) is 0 Å². The molecule has 22 heavy (non-hydrogen) atoms. The quantitative estimate of drug-likeness (QED) is 0.551. The van der Waals surface area contributed by atoms with Crippen LogP contribution in [-0.2, 0) is 0 Å². The molecule has 0 radical (unpaired) electrons. The van der Waals surface area contributed by atoms with Gasteiger partial charge in [-0.3, -0.25) is 10.1 Å². The molecule has 0 saturated heterocycles. The largest absolute Gasteiger partial charge is 0.457 e. The first-order valence-electron chi connectivity index (χ1n) is 7.17. The van der Waals surface area contributed by atoms with Crippen LogP contribution in [0.1, 0.15) is 25.0 Å². The minimum absolute atomic E-state index is 0.0680. The second kappa shape index (κ2) is 6.89. The molecular formula is C18H19NO3. The highest BCUT2D eigenvalue weighted by molar-refractivity contribution is 5.53. The molecule has 2 aromatic rings. The van der Waals surface area contributed by atoms with Gasteiger partial charge in [-0.05, 0) is 42.2 Å². The maximum atomic E-state index is 10.8. The molecule has 2 rings (SSSR count). The Morgan fingerprint density at radius 1 is 1.18 bits per heavy atom. The maximum absolute atomic E-state index is 10.8. The van der Waals surface area contributed by atoms with Crippen molar-refractivity contribution in [2.45, 2.75) is 20.8 Å². The van der Waals surface area contributed by atoms with E-state index >= 15 is 0 Å². The van der Waals surface area contributed by atoms with Gasteiger partial charge in [0, 0.05) is 12.1 Å². The second-order valence-corrected chi connectivity index (χ2v) is 5.48. The van der Waals surface area contributed by atoms with Crippen LogP contribution in [0, 0.1) is 23.0 Å². The summed E-state index contributed by atoms with van der Waals surface area (Å²) in [5.41, 5.74) is 1.86. The zero-order valence-electron chi connectivity index (χ0n) is 12.9. The smallest absolute Gasteiger partial charge is 0.269 e. The lowest BCUT2D eigenvalue weighted by Crippen LogP contribution is -1.92.